The quantitative estimate of drug-likeness (QED) is 0.376. The van der Waals surface area contributed by atoms with Gasteiger partial charge in [0, 0.05) is 19.3 Å². The number of aliphatic carboxylic acids is 1. The molecule has 9 heteroatoms. The minimum atomic E-state index is -1.23. The summed E-state index contributed by atoms with van der Waals surface area (Å²) in [5.74, 6) is -2.28. The fraction of sp³-hybridized carbons (Fsp3) is 0.778. The average molecular weight is 392 g/mol. The molecule has 0 aromatic carbocycles. The third-order valence-electron chi connectivity index (χ3n) is 2.88. The van der Waals surface area contributed by atoms with E-state index in [1.807, 2.05) is 20.8 Å². The molecule has 0 radical (unpaired) electrons. The largest absolute Gasteiger partial charge is 0.479 e. The van der Waals surface area contributed by atoms with Crippen LogP contribution in [0.2, 0.25) is 0 Å². The fourth-order valence-corrected chi connectivity index (χ4v) is 1.49. The number of aliphatic hydroxyl groups is 1. The summed E-state index contributed by atoms with van der Waals surface area (Å²) in [6.07, 6.45) is 0.959. The number of ether oxygens (including phenoxy) is 3. The third-order valence-corrected chi connectivity index (χ3v) is 2.88. The lowest BCUT2D eigenvalue weighted by Crippen LogP contribution is -2.30. The summed E-state index contributed by atoms with van der Waals surface area (Å²) in [6, 6.07) is 0. The molecule has 158 valence electrons. The molecule has 0 heterocycles. The molecule has 0 aromatic rings. The van der Waals surface area contributed by atoms with E-state index < -0.39 is 18.2 Å². The van der Waals surface area contributed by atoms with Crippen LogP contribution in [0.1, 0.15) is 66.2 Å². The third kappa shape index (κ3) is 18.4. The molecular weight excluding hydrogens is 360 g/mol. The Balaban J connectivity index is 0. The van der Waals surface area contributed by atoms with Crippen LogP contribution in [-0.4, -0.2) is 59.5 Å². The number of hydrogen-bond acceptors (Lipinski definition) is 8. The van der Waals surface area contributed by atoms with Gasteiger partial charge < -0.3 is 24.4 Å². The first-order valence-electron chi connectivity index (χ1n) is 9.09. The molecule has 0 rings (SSSR count). The van der Waals surface area contributed by atoms with Gasteiger partial charge >= 0.3 is 23.9 Å². The van der Waals surface area contributed by atoms with E-state index in [2.05, 4.69) is 0 Å². The topological polar surface area (TPSA) is 136 Å². The first kappa shape index (κ1) is 27.1. The van der Waals surface area contributed by atoms with Gasteiger partial charge in [-0.15, -0.1) is 0 Å². The zero-order valence-corrected chi connectivity index (χ0v) is 16.6. The molecular formula is C18H32O9. The Kier molecular flexibility index (Phi) is 17.3. The van der Waals surface area contributed by atoms with Gasteiger partial charge in [-0.3, -0.25) is 14.4 Å². The number of rotatable bonds is 12. The van der Waals surface area contributed by atoms with Crippen LogP contribution >= 0.6 is 0 Å². The number of hydrogen-bond donors (Lipinski definition) is 2. The van der Waals surface area contributed by atoms with Crippen LogP contribution in [-0.2, 0) is 33.4 Å². The summed E-state index contributed by atoms with van der Waals surface area (Å²) < 4.78 is 15.2. The van der Waals surface area contributed by atoms with E-state index in [0.717, 1.165) is 0 Å². The van der Waals surface area contributed by atoms with E-state index in [1.165, 1.54) is 6.92 Å². The number of esters is 3. The monoisotopic (exact) mass is 392 g/mol. The first-order chi connectivity index (χ1) is 12.7. The zero-order valence-electron chi connectivity index (χ0n) is 16.6. The Bertz CT molecular complexity index is 424. The average Bonchev–Trinajstić information content (AvgIpc) is 2.58. The lowest BCUT2D eigenvalue weighted by Gasteiger charge is -2.18. The van der Waals surface area contributed by atoms with Gasteiger partial charge in [-0.25, -0.2) is 4.79 Å². The van der Waals surface area contributed by atoms with Crippen LogP contribution in [0, 0.1) is 0 Å². The fourth-order valence-electron chi connectivity index (χ4n) is 1.49. The highest BCUT2D eigenvalue weighted by atomic mass is 16.6. The molecule has 2 N–H and O–H groups in total. The van der Waals surface area contributed by atoms with Crippen LogP contribution in [0.3, 0.4) is 0 Å². The molecule has 0 aromatic heterocycles. The molecule has 0 aliphatic rings. The highest BCUT2D eigenvalue weighted by Gasteiger charge is 2.18. The predicted octanol–water partition coefficient (Wildman–Crippen LogP) is 1.84. The molecule has 0 aliphatic carbocycles. The van der Waals surface area contributed by atoms with Crippen LogP contribution < -0.4 is 0 Å². The van der Waals surface area contributed by atoms with Crippen molar-refractivity contribution in [3.05, 3.63) is 0 Å². The number of carbonyl (C=O) groups is 4. The van der Waals surface area contributed by atoms with Crippen molar-refractivity contribution in [2.75, 3.05) is 13.2 Å². The number of aliphatic hydroxyl groups excluding tert-OH is 1. The van der Waals surface area contributed by atoms with E-state index in [-0.39, 0.29) is 37.5 Å². The Morgan fingerprint density at radius 2 is 1.11 bits per heavy atom. The summed E-state index contributed by atoms with van der Waals surface area (Å²) in [7, 11) is 0. The number of carboxylic acid groups (broad SMARTS) is 1. The van der Waals surface area contributed by atoms with Crippen LogP contribution in [0.4, 0.5) is 0 Å². The van der Waals surface area contributed by atoms with Crippen molar-refractivity contribution in [1.29, 1.82) is 0 Å². The predicted molar refractivity (Wildman–Crippen MR) is 95.8 cm³/mol. The molecule has 0 amide bonds. The van der Waals surface area contributed by atoms with E-state index in [0.29, 0.717) is 32.1 Å². The van der Waals surface area contributed by atoms with Crippen molar-refractivity contribution in [1.82, 2.24) is 0 Å². The molecule has 1 atom stereocenters. The van der Waals surface area contributed by atoms with Crippen molar-refractivity contribution in [2.45, 2.75) is 78.4 Å². The number of carboxylic acids is 1. The van der Waals surface area contributed by atoms with E-state index >= 15 is 0 Å². The van der Waals surface area contributed by atoms with E-state index in [9.17, 15) is 19.2 Å². The molecule has 0 saturated carbocycles. The van der Waals surface area contributed by atoms with Crippen molar-refractivity contribution >= 4 is 23.9 Å². The van der Waals surface area contributed by atoms with E-state index in [1.54, 1.807) is 0 Å². The van der Waals surface area contributed by atoms with Crippen LogP contribution in [0.25, 0.3) is 0 Å². The Labute approximate surface area is 160 Å². The highest BCUT2D eigenvalue weighted by Crippen LogP contribution is 2.03. The van der Waals surface area contributed by atoms with Crippen LogP contribution in [0.5, 0.6) is 0 Å². The zero-order chi connectivity index (χ0) is 21.2. The van der Waals surface area contributed by atoms with E-state index in [4.69, 9.17) is 24.4 Å². The Morgan fingerprint density at radius 1 is 0.778 bits per heavy atom. The minimum absolute atomic E-state index is 0.0896. The van der Waals surface area contributed by atoms with Crippen LogP contribution in [0.15, 0.2) is 0 Å². The molecule has 0 saturated heterocycles. The second kappa shape index (κ2) is 17.3. The van der Waals surface area contributed by atoms with Gasteiger partial charge in [0.25, 0.3) is 0 Å². The summed E-state index contributed by atoms with van der Waals surface area (Å²) in [5, 5.41) is 15.8. The lowest BCUT2D eigenvalue weighted by atomic mass is 10.3. The second-order valence-corrected chi connectivity index (χ2v) is 5.74. The molecule has 27 heavy (non-hydrogen) atoms. The molecule has 0 bridgehead atoms. The normalized spacial score (nSPS) is 11.0. The highest BCUT2D eigenvalue weighted by molar-refractivity contribution is 5.71. The SMILES string of the molecule is CC(O)C(=O)O.CCCC(=O)OCC(COC(=O)CCC)OC(=O)CCC. The van der Waals surface area contributed by atoms with Crippen molar-refractivity contribution in [3.8, 4) is 0 Å². The van der Waals surface area contributed by atoms with Crippen molar-refractivity contribution in [3.63, 3.8) is 0 Å². The first-order valence-corrected chi connectivity index (χ1v) is 9.09. The second-order valence-electron chi connectivity index (χ2n) is 5.74. The maximum Gasteiger partial charge on any atom is 0.332 e. The van der Waals surface area contributed by atoms with Gasteiger partial charge in [0.2, 0.25) is 0 Å². The maximum atomic E-state index is 11.5. The summed E-state index contributed by atoms with van der Waals surface area (Å²) in [5.41, 5.74) is 0. The molecule has 9 nitrogen and oxygen atoms in total. The van der Waals surface area contributed by atoms with Crippen molar-refractivity contribution in [2.24, 2.45) is 0 Å². The van der Waals surface area contributed by atoms with Gasteiger partial charge in [0.1, 0.15) is 19.3 Å². The van der Waals surface area contributed by atoms with Gasteiger partial charge in [0.15, 0.2) is 6.10 Å². The van der Waals surface area contributed by atoms with Crippen molar-refractivity contribution < 1.29 is 43.6 Å². The Hall–Kier alpha value is -2.16. The lowest BCUT2D eigenvalue weighted by molar-refractivity contribution is -0.166. The summed E-state index contributed by atoms with van der Waals surface area (Å²) in [4.78, 5) is 43.6. The molecule has 0 aliphatic heterocycles. The molecule has 0 fully saturated rings. The van der Waals surface area contributed by atoms with Gasteiger partial charge in [-0.2, -0.15) is 0 Å². The Morgan fingerprint density at radius 3 is 1.41 bits per heavy atom. The molecule has 0 spiro atoms. The molecule has 1 unspecified atom stereocenters. The minimum Gasteiger partial charge on any atom is -0.479 e. The summed E-state index contributed by atoms with van der Waals surface area (Å²) >= 11 is 0. The summed E-state index contributed by atoms with van der Waals surface area (Å²) in [6.45, 7) is 6.61. The van der Waals surface area contributed by atoms with Gasteiger partial charge in [0.05, 0.1) is 0 Å². The van der Waals surface area contributed by atoms with Gasteiger partial charge in [-0.05, 0) is 26.2 Å². The standard InChI is InChI=1S/C15H26O6.C3H6O3/c1-4-7-13(16)19-10-12(21-15(18)9-6-3)11-20-14(17)8-5-2;1-2(4)3(5)6/h12H,4-11H2,1-3H3;2,4H,1H3,(H,5,6). The number of carbonyl (C=O) groups excluding carboxylic acids is 3. The smallest absolute Gasteiger partial charge is 0.332 e. The van der Waals surface area contributed by atoms with Gasteiger partial charge in [-0.1, -0.05) is 20.8 Å². The maximum absolute atomic E-state index is 11.5.